The highest BCUT2D eigenvalue weighted by atomic mass is 35.5. The van der Waals surface area contributed by atoms with Crippen molar-refractivity contribution in [2.45, 2.75) is 34.8 Å². The molecule has 2 aromatic rings. The third-order valence-electron chi connectivity index (χ3n) is 5.01. The normalized spacial score (nSPS) is 18.7. The van der Waals surface area contributed by atoms with E-state index < -0.39 is 21.2 Å². The maximum absolute atomic E-state index is 12.8. The van der Waals surface area contributed by atoms with Crippen LogP contribution in [0, 0.1) is 6.92 Å². The third-order valence-corrected chi connectivity index (χ3v) is 7.95. The molecule has 2 N–H and O–H groups in total. The number of thioether (sulfide) groups is 1. The van der Waals surface area contributed by atoms with Gasteiger partial charge in [0.15, 0.2) is 5.25 Å². The molecule has 30 heavy (non-hydrogen) atoms. The van der Waals surface area contributed by atoms with Gasteiger partial charge in [0.25, 0.3) is 10.0 Å². The third kappa shape index (κ3) is 4.14. The summed E-state index contributed by atoms with van der Waals surface area (Å²) in [7, 11) is -3.91. The summed E-state index contributed by atoms with van der Waals surface area (Å²) in [4.78, 5) is 27.5. The number of anilines is 2. The van der Waals surface area contributed by atoms with E-state index in [4.69, 9.17) is 11.6 Å². The second-order valence-electron chi connectivity index (χ2n) is 7.27. The Bertz CT molecular complexity index is 1130. The molecule has 0 aromatic heterocycles. The van der Waals surface area contributed by atoms with Crippen LogP contribution in [-0.4, -0.2) is 43.5 Å². The van der Waals surface area contributed by atoms with Crippen molar-refractivity contribution in [1.29, 1.82) is 0 Å². The lowest BCUT2D eigenvalue weighted by Gasteiger charge is -2.27. The van der Waals surface area contributed by atoms with Crippen LogP contribution in [0.2, 0.25) is 5.02 Å². The van der Waals surface area contributed by atoms with Gasteiger partial charge in [-0.15, -0.1) is 11.8 Å². The van der Waals surface area contributed by atoms with E-state index in [9.17, 15) is 18.0 Å². The number of halogens is 1. The van der Waals surface area contributed by atoms with Gasteiger partial charge in [-0.3, -0.25) is 14.3 Å². The quantitative estimate of drug-likeness (QED) is 0.674. The molecule has 0 unspecified atom stereocenters. The molecule has 2 amide bonds. The average Bonchev–Trinajstić information content (AvgIpc) is 3.23. The molecule has 0 spiro atoms. The number of nitrogens with one attached hydrogen (secondary N) is 2. The fourth-order valence-corrected chi connectivity index (χ4v) is 5.93. The number of amides is 2. The van der Waals surface area contributed by atoms with Gasteiger partial charge < -0.3 is 10.2 Å². The van der Waals surface area contributed by atoms with Gasteiger partial charge in [-0.1, -0.05) is 17.7 Å². The summed E-state index contributed by atoms with van der Waals surface area (Å²) in [6.07, 6.45) is 1.89. The van der Waals surface area contributed by atoms with Crippen LogP contribution in [0.3, 0.4) is 0 Å². The molecule has 2 aromatic carbocycles. The van der Waals surface area contributed by atoms with Crippen LogP contribution >= 0.6 is 23.4 Å². The highest BCUT2D eigenvalue weighted by Gasteiger charge is 2.37. The molecule has 2 aliphatic heterocycles. The van der Waals surface area contributed by atoms with Gasteiger partial charge in [0.1, 0.15) is 0 Å². The van der Waals surface area contributed by atoms with Gasteiger partial charge in [0, 0.05) is 18.0 Å². The van der Waals surface area contributed by atoms with Crippen molar-refractivity contribution < 1.29 is 18.0 Å². The van der Waals surface area contributed by atoms with E-state index in [0.29, 0.717) is 28.7 Å². The van der Waals surface area contributed by atoms with Crippen LogP contribution in [0.1, 0.15) is 18.4 Å². The Labute approximate surface area is 184 Å². The summed E-state index contributed by atoms with van der Waals surface area (Å²) in [5.41, 5.74) is 1.55. The van der Waals surface area contributed by atoms with Crippen LogP contribution < -0.4 is 10.0 Å². The summed E-state index contributed by atoms with van der Waals surface area (Å²) in [6, 6.07) is 9.47. The summed E-state index contributed by atoms with van der Waals surface area (Å²) in [6.45, 7) is 3.19. The second-order valence-corrected chi connectivity index (χ2v) is 10.5. The highest BCUT2D eigenvalue weighted by Crippen LogP contribution is 2.38. The van der Waals surface area contributed by atoms with E-state index in [0.717, 1.165) is 30.2 Å². The van der Waals surface area contributed by atoms with Crippen LogP contribution in [0.5, 0.6) is 0 Å². The van der Waals surface area contributed by atoms with Crippen LogP contribution in [-0.2, 0) is 19.6 Å². The number of aryl methyl sites for hydroxylation is 1. The van der Waals surface area contributed by atoms with Crippen molar-refractivity contribution in [1.82, 2.24) is 4.90 Å². The number of fused-ring (bicyclic) bond motifs is 1. The number of hydrogen-bond donors (Lipinski definition) is 2. The minimum absolute atomic E-state index is 0.0110. The van der Waals surface area contributed by atoms with Gasteiger partial charge in [-0.05, 0) is 55.7 Å². The van der Waals surface area contributed by atoms with Crippen LogP contribution in [0.4, 0.5) is 11.4 Å². The molecule has 10 heteroatoms. The molecule has 1 saturated heterocycles. The zero-order chi connectivity index (χ0) is 21.5. The Hall–Kier alpha value is -2.23. The van der Waals surface area contributed by atoms with E-state index in [-0.39, 0.29) is 16.5 Å². The smallest absolute Gasteiger partial charge is 0.262 e. The predicted octanol–water partition coefficient (Wildman–Crippen LogP) is 3.48. The standard InChI is InChI=1S/C20H20ClN3O4S2/c1-12-4-6-15(14(21)10-12)23-30(27,28)13-5-7-17-16(11-13)22-19(25)18(29-17)20(26)24-8-2-3-9-24/h4-7,10-11,18,23H,2-3,8-9H2,1H3,(H,22,25)/t18-/m0/s1. The summed E-state index contributed by atoms with van der Waals surface area (Å²) in [5, 5.41) is 2.12. The lowest BCUT2D eigenvalue weighted by atomic mass is 10.2. The first-order valence-electron chi connectivity index (χ1n) is 9.44. The summed E-state index contributed by atoms with van der Waals surface area (Å²) >= 11 is 7.28. The lowest BCUT2D eigenvalue weighted by molar-refractivity contribution is -0.133. The van der Waals surface area contributed by atoms with E-state index in [2.05, 4.69) is 10.0 Å². The van der Waals surface area contributed by atoms with Gasteiger partial charge in [-0.2, -0.15) is 0 Å². The number of hydrogen-bond acceptors (Lipinski definition) is 5. The van der Waals surface area contributed by atoms with E-state index in [1.807, 2.05) is 6.92 Å². The number of carbonyl (C=O) groups is 2. The minimum atomic E-state index is -3.91. The largest absolute Gasteiger partial charge is 0.341 e. The van der Waals surface area contributed by atoms with Crippen molar-refractivity contribution in [2.24, 2.45) is 0 Å². The van der Waals surface area contributed by atoms with Crippen LogP contribution in [0.15, 0.2) is 46.2 Å². The van der Waals surface area contributed by atoms with Gasteiger partial charge in [0.05, 0.1) is 21.3 Å². The average molecular weight is 466 g/mol. The molecule has 0 bridgehead atoms. The predicted molar refractivity (Wildman–Crippen MR) is 118 cm³/mol. The number of nitrogens with zero attached hydrogens (tertiary/aromatic N) is 1. The number of carbonyl (C=O) groups excluding carboxylic acids is 2. The molecule has 0 saturated carbocycles. The van der Waals surface area contributed by atoms with Crippen molar-refractivity contribution >= 4 is 56.6 Å². The fourth-order valence-electron chi connectivity index (χ4n) is 3.43. The minimum Gasteiger partial charge on any atom is -0.341 e. The van der Waals surface area contributed by atoms with Gasteiger partial charge >= 0.3 is 0 Å². The monoisotopic (exact) mass is 465 g/mol. The number of benzene rings is 2. The van der Waals surface area contributed by atoms with E-state index in [1.54, 1.807) is 29.2 Å². The molecule has 2 heterocycles. The van der Waals surface area contributed by atoms with Crippen molar-refractivity contribution in [3.8, 4) is 0 Å². The highest BCUT2D eigenvalue weighted by molar-refractivity contribution is 8.01. The molecule has 0 aliphatic carbocycles. The Balaban J connectivity index is 1.56. The Morgan fingerprint density at radius 2 is 1.93 bits per heavy atom. The fraction of sp³-hybridized carbons (Fsp3) is 0.300. The van der Waals surface area contributed by atoms with Gasteiger partial charge in [0.2, 0.25) is 11.8 Å². The molecule has 7 nitrogen and oxygen atoms in total. The molecule has 1 atom stereocenters. The molecule has 2 aliphatic rings. The number of rotatable bonds is 4. The Morgan fingerprint density at radius 1 is 1.20 bits per heavy atom. The Morgan fingerprint density at radius 3 is 2.63 bits per heavy atom. The number of sulfonamides is 1. The first-order chi connectivity index (χ1) is 14.2. The Kier molecular flexibility index (Phi) is 5.69. The van der Waals surface area contributed by atoms with Crippen molar-refractivity contribution in [3.05, 3.63) is 47.0 Å². The topological polar surface area (TPSA) is 95.6 Å². The van der Waals surface area contributed by atoms with E-state index in [1.165, 1.54) is 12.1 Å². The summed E-state index contributed by atoms with van der Waals surface area (Å²) < 4.78 is 28.1. The molecule has 158 valence electrons. The first kappa shape index (κ1) is 21.0. The van der Waals surface area contributed by atoms with E-state index >= 15 is 0 Å². The maximum Gasteiger partial charge on any atom is 0.262 e. The maximum atomic E-state index is 12.8. The molecule has 4 rings (SSSR count). The van der Waals surface area contributed by atoms with Gasteiger partial charge in [-0.25, -0.2) is 8.42 Å². The summed E-state index contributed by atoms with van der Waals surface area (Å²) in [5.74, 6) is -0.637. The van der Waals surface area contributed by atoms with Crippen LogP contribution in [0.25, 0.3) is 0 Å². The zero-order valence-electron chi connectivity index (χ0n) is 16.1. The van der Waals surface area contributed by atoms with Crippen molar-refractivity contribution in [3.63, 3.8) is 0 Å². The molecule has 0 radical (unpaired) electrons. The molecular formula is C20H20ClN3O4S2. The number of likely N-dealkylation sites (tertiary alicyclic amines) is 1. The SMILES string of the molecule is Cc1ccc(NS(=O)(=O)c2ccc3c(c2)NC(=O)[C@@H](C(=O)N2CCCC2)S3)c(Cl)c1. The zero-order valence-corrected chi connectivity index (χ0v) is 18.5. The van der Waals surface area contributed by atoms with Crippen molar-refractivity contribution in [2.75, 3.05) is 23.1 Å². The second kappa shape index (κ2) is 8.13. The molecule has 1 fully saturated rings. The first-order valence-corrected chi connectivity index (χ1v) is 12.2. The molecular weight excluding hydrogens is 446 g/mol. The lowest BCUT2D eigenvalue weighted by Crippen LogP contribution is -2.43.